The minimum absolute atomic E-state index is 0.714. The van der Waals surface area contributed by atoms with Crippen molar-refractivity contribution in [2.24, 2.45) is 0 Å². The quantitative estimate of drug-likeness (QED) is 0.176. The van der Waals surface area contributed by atoms with Crippen LogP contribution in [0.5, 0.6) is 0 Å². The second-order valence-corrected chi connectivity index (χ2v) is 16.0. The largest absolute Gasteiger partial charge is 0.308 e. The van der Waals surface area contributed by atoms with E-state index in [9.17, 15) is 0 Å². The van der Waals surface area contributed by atoms with Crippen molar-refractivity contribution in [3.05, 3.63) is 188 Å². The second-order valence-electron chi connectivity index (χ2n) is 13.8. The van der Waals surface area contributed by atoms with Gasteiger partial charge in [-0.3, -0.25) is 0 Å². The fraction of sp³-hybridized carbons (Fsp3) is 0. The molecule has 1 aliphatic rings. The van der Waals surface area contributed by atoms with Crippen molar-refractivity contribution in [1.82, 2.24) is 14.5 Å². The summed E-state index contributed by atoms with van der Waals surface area (Å²) in [6.45, 7) is 0. The molecule has 0 bridgehead atoms. The van der Waals surface area contributed by atoms with Gasteiger partial charge in [0.15, 0.2) is 5.82 Å². The summed E-state index contributed by atoms with van der Waals surface area (Å²) in [5.41, 5.74) is 10.8. The maximum atomic E-state index is 5.11. The predicted octanol–water partition coefficient (Wildman–Crippen LogP) is 14.0. The molecule has 0 atom stereocenters. The normalized spacial score (nSPS) is 12.2. The van der Waals surface area contributed by atoms with Crippen molar-refractivity contribution in [2.75, 3.05) is 0 Å². The summed E-state index contributed by atoms with van der Waals surface area (Å²) in [5, 5.41) is 5.08. The van der Waals surface area contributed by atoms with Crippen molar-refractivity contribution in [3.8, 4) is 50.7 Å². The Hall–Kier alpha value is -6.40. The van der Waals surface area contributed by atoms with Gasteiger partial charge in [0, 0.05) is 47.8 Å². The highest BCUT2D eigenvalue weighted by Crippen LogP contribution is 2.53. The molecule has 55 heavy (non-hydrogen) atoms. The first-order valence-electron chi connectivity index (χ1n) is 18.4. The average Bonchev–Trinajstić information content (AvgIpc) is 3.60. The summed E-state index contributed by atoms with van der Waals surface area (Å²) in [6, 6.07) is 67.2. The maximum absolute atomic E-state index is 5.11. The molecule has 2 aromatic heterocycles. The number of para-hydroxylation sites is 1. The molecule has 0 N–H and O–H groups in total. The van der Waals surface area contributed by atoms with Gasteiger partial charge in [0.25, 0.3) is 0 Å². The number of aromatic nitrogens is 3. The Kier molecular flexibility index (Phi) is 7.68. The van der Waals surface area contributed by atoms with Crippen molar-refractivity contribution < 1.29 is 0 Å². The van der Waals surface area contributed by atoms with E-state index >= 15 is 0 Å². The summed E-state index contributed by atoms with van der Waals surface area (Å²) in [4.78, 5) is 15.3. The van der Waals surface area contributed by atoms with Gasteiger partial charge < -0.3 is 4.57 Å². The van der Waals surface area contributed by atoms with E-state index in [0.29, 0.717) is 5.82 Å². The fourth-order valence-corrected chi connectivity index (χ4v) is 10.2. The van der Waals surface area contributed by atoms with Gasteiger partial charge in [-0.25, -0.2) is 9.97 Å². The third-order valence-corrected chi connectivity index (χ3v) is 13.0. The van der Waals surface area contributed by atoms with Crippen LogP contribution in [-0.2, 0) is 0 Å². The Morgan fingerprint density at radius 3 is 1.76 bits per heavy atom. The molecule has 3 nitrogen and oxygen atoms in total. The summed E-state index contributed by atoms with van der Waals surface area (Å²) in [6.07, 6.45) is 0. The van der Waals surface area contributed by atoms with Crippen LogP contribution < -0.4 is 0 Å². The molecular weight excluding hydrogens is 707 g/mol. The Balaban J connectivity index is 1.04. The van der Waals surface area contributed by atoms with Gasteiger partial charge in [-0.2, -0.15) is 0 Å². The SMILES string of the molecule is c1ccc(-c2cc(-c3cccc(-c4cccc(-n5c6ccccc6c6ccc7c(c65)Sc5cc6ccccc6cc5S7)c4)c3)nc(-c3ccccc3)n2)cc1. The molecule has 0 aliphatic carbocycles. The number of hydrogen-bond acceptors (Lipinski definition) is 4. The van der Waals surface area contributed by atoms with E-state index in [1.807, 2.05) is 47.8 Å². The zero-order valence-corrected chi connectivity index (χ0v) is 31.2. The first-order chi connectivity index (χ1) is 27.2. The fourth-order valence-electron chi connectivity index (χ4n) is 7.79. The van der Waals surface area contributed by atoms with Crippen LogP contribution in [0.3, 0.4) is 0 Å². The molecule has 0 amide bonds. The lowest BCUT2D eigenvalue weighted by atomic mass is 10.00. The third kappa shape index (κ3) is 5.63. The monoisotopic (exact) mass is 737 g/mol. The van der Waals surface area contributed by atoms with E-state index in [1.165, 1.54) is 52.2 Å². The zero-order valence-electron chi connectivity index (χ0n) is 29.6. The summed E-state index contributed by atoms with van der Waals surface area (Å²) in [5.74, 6) is 0.714. The molecule has 5 heteroatoms. The van der Waals surface area contributed by atoms with E-state index in [0.717, 1.165) is 44.9 Å². The van der Waals surface area contributed by atoms with Crippen molar-refractivity contribution in [1.29, 1.82) is 0 Å². The van der Waals surface area contributed by atoms with E-state index in [1.54, 1.807) is 0 Å². The molecule has 0 saturated carbocycles. The van der Waals surface area contributed by atoms with Gasteiger partial charge in [-0.15, -0.1) is 0 Å². The summed E-state index contributed by atoms with van der Waals surface area (Å²) >= 11 is 3.78. The summed E-state index contributed by atoms with van der Waals surface area (Å²) in [7, 11) is 0. The van der Waals surface area contributed by atoms with Crippen LogP contribution in [0.1, 0.15) is 0 Å². The summed E-state index contributed by atoms with van der Waals surface area (Å²) < 4.78 is 2.47. The van der Waals surface area contributed by atoms with Crippen LogP contribution in [0.25, 0.3) is 83.3 Å². The molecule has 11 rings (SSSR count). The highest BCUT2D eigenvalue weighted by molar-refractivity contribution is 8.05. The van der Waals surface area contributed by atoms with Crippen LogP contribution in [0, 0.1) is 0 Å². The van der Waals surface area contributed by atoms with E-state index < -0.39 is 0 Å². The molecule has 0 radical (unpaired) electrons. The van der Waals surface area contributed by atoms with E-state index in [-0.39, 0.29) is 0 Å². The maximum Gasteiger partial charge on any atom is 0.160 e. The van der Waals surface area contributed by atoms with Crippen molar-refractivity contribution >= 4 is 56.1 Å². The van der Waals surface area contributed by atoms with Crippen LogP contribution in [-0.4, -0.2) is 14.5 Å². The Labute approximate surface area is 327 Å². The highest BCUT2D eigenvalue weighted by Gasteiger charge is 2.24. The lowest BCUT2D eigenvalue weighted by Gasteiger charge is -2.21. The number of hydrogen-bond donors (Lipinski definition) is 0. The lowest BCUT2D eigenvalue weighted by Crippen LogP contribution is -1.98. The number of nitrogens with zero attached hydrogens (tertiary/aromatic N) is 3. The molecule has 0 unspecified atom stereocenters. The minimum Gasteiger partial charge on any atom is -0.308 e. The average molecular weight is 738 g/mol. The number of benzene rings is 8. The first kappa shape index (κ1) is 32.1. The van der Waals surface area contributed by atoms with Gasteiger partial charge in [0.1, 0.15) is 0 Å². The number of rotatable bonds is 5. The van der Waals surface area contributed by atoms with Crippen LogP contribution in [0.15, 0.2) is 208 Å². The zero-order chi connectivity index (χ0) is 36.3. The van der Waals surface area contributed by atoms with Crippen LogP contribution >= 0.6 is 23.5 Å². The Morgan fingerprint density at radius 2 is 0.982 bits per heavy atom. The van der Waals surface area contributed by atoms with Gasteiger partial charge in [0.05, 0.1) is 27.3 Å². The standard InChI is InChI=1S/C50H31N3S2/c1-3-13-32(14-4-1)42-31-43(52-50(51-42)33-15-5-2-6-16-33)38-21-11-19-34(27-38)35-20-12-22-39(28-35)53-44-24-10-9-23-40(44)41-25-26-45-49(48(41)53)55-47-30-37-18-8-7-17-36(37)29-46(47)54-45/h1-31H. The van der Waals surface area contributed by atoms with E-state index in [2.05, 4.69) is 168 Å². The van der Waals surface area contributed by atoms with Crippen LogP contribution in [0.4, 0.5) is 0 Å². The van der Waals surface area contributed by atoms with Crippen LogP contribution in [0.2, 0.25) is 0 Å². The van der Waals surface area contributed by atoms with Crippen molar-refractivity contribution in [3.63, 3.8) is 0 Å². The van der Waals surface area contributed by atoms with Gasteiger partial charge in [-0.05, 0) is 70.4 Å². The molecule has 3 heterocycles. The highest BCUT2D eigenvalue weighted by atomic mass is 32.2. The topological polar surface area (TPSA) is 30.7 Å². The first-order valence-corrected chi connectivity index (χ1v) is 20.0. The van der Waals surface area contributed by atoms with Gasteiger partial charge >= 0.3 is 0 Å². The van der Waals surface area contributed by atoms with Gasteiger partial charge in [-0.1, -0.05) is 163 Å². The lowest BCUT2D eigenvalue weighted by molar-refractivity contribution is 1.12. The molecule has 0 spiro atoms. The second kappa shape index (κ2) is 13.2. The number of fused-ring (bicyclic) bond motifs is 7. The third-order valence-electron chi connectivity index (χ3n) is 10.4. The van der Waals surface area contributed by atoms with Gasteiger partial charge in [0.2, 0.25) is 0 Å². The molecular formula is C50H31N3S2. The Morgan fingerprint density at radius 1 is 0.382 bits per heavy atom. The Bertz CT molecular complexity index is 3040. The molecule has 1 aliphatic heterocycles. The molecule has 0 saturated heterocycles. The minimum atomic E-state index is 0.714. The molecule has 258 valence electrons. The smallest absolute Gasteiger partial charge is 0.160 e. The van der Waals surface area contributed by atoms with E-state index in [4.69, 9.17) is 9.97 Å². The predicted molar refractivity (Wildman–Crippen MR) is 230 cm³/mol. The van der Waals surface area contributed by atoms with Crippen molar-refractivity contribution in [2.45, 2.75) is 19.6 Å². The molecule has 0 fully saturated rings. The molecule has 10 aromatic rings. The molecule has 8 aromatic carbocycles.